The highest BCUT2D eigenvalue weighted by atomic mass is 32.2. The van der Waals surface area contributed by atoms with Gasteiger partial charge in [0.25, 0.3) is 0 Å². The number of hydrogen-bond donors (Lipinski definition) is 2. The van der Waals surface area contributed by atoms with E-state index < -0.39 is 10.0 Å². The van der Waals surface area contributed by atoms with E-state index in [-0.39, 0.29) is 18.0 Å². The van der Waals surface area contributed by atoms with Gasteiger partial charge >= 0.3 is 0 Å². The smallest absolute Gasteiger partial charge is 0.240 e. The minimum atomic E-state index is -3.57. The van der Waals surface area contributed by atoms with Gasteiger partial charge in [-0.05, 0) is 37.1 Å². The number of pyridine rings is 1. The van der Waals surface area contributed by atoms with Crippen LogP contribution in [0.5, 0.6) is 0 Å². The molecule has 0 fully saturated rings. The van der Waals surface area contributed by atoms with Gasteiger partial charge in [0, 0.05) is 12.6 Å². The number of aromatic nitrogens is 1. The van der Waals surface area contributed by atoms with Gasteiger partial charge in [-0.3, -0.25) is 4.98 Å². The Hall–Kier alpha value is -2.20. The first kappa shape index (κ1) is 18.1. The third kappa shape index (κ3) is 5.17. The van der Waals surface area contributed by atoms with Crippen LogP contribution >= 0.6 is 0 Å². The summed E-state index contributed by atoms with van der Waals surface area (Å²) in [5.41, 5.74) is 2.63. The Labute approximate surface area is 142 Å². The molecule has 0 aliphatic carbocycles. The molecule has 0 aliphatic rings. The summed E-state index contributed by atoms with van der Waals surface area (Å²) in [4.78, 5) is 4.50. The molecule has 0 amide bonds. The average molecular weight is 344 g/mol. The van der Waals surface area contributed by atoms with Crippen molar-refractivity contribution in [2.45, 2.75) is 31.2 Å². The molecule has 0 saturated carbocycles. The second-order valence-corrected chi connectivity index (χ2v) is 7.03. The fourth-order valence-electron chi connectivity index (χ4n) is 2.16. The van der Waals surface area contributed by atoms with E-state index in [9.17, 15) is 8.42 Å². The number of aliphatic hydroxyl groups excluding tert-OH is 1. The van der Waals surface area contributed by atoms with Crippen molar-refractivity contribution in [3.8, 4) is 11.8 Å². The summed E-state index contributed by atoms with van der Waals surface area (Å²) in [7, 11) is -3.57. The zero-order valence-corrected chi connectivity index (χ0v) is 14.3. The molecule has 0 spiro atoms. The molecule has 1 aromatic heterocycles. The van der Waals surface area contributed by atoms with Crippen molar-refractivity contribution >= 4 is 10.0 Å². The highest BCUT2D eigenvalue weighted by Gasteiger charge is 2.14. The Balaban J connectivity index is 2.07. The molecule has 0 unspecified atom stereocenters. The van der Waals surface area contributed by atoms with Gasteiger partial charge in [0.2, 0.25) is 10.0 Å². The minimum Gasteiger partial charge on any atom is -0.384 e. The van der Waals surface area contributed by atoms with Crippen LogP contribution in [0.1, 0.15) is 23.2 Å². The molecule has 5 nitrogen and oxygen atoms in total. The maximum atomic E-state index is 12.3. The number of sulfonamides is 1. The lowest BCUT2D eigenvalue weighted by Crippen LogP contribution is -2.24. The van der Waals surface area contributed by atoms with Crippen molar-refractivity contribution in [2.75, 3.05) is 6.61 Å². The number of aliphatic hydroxyl groups is 1. The van der Waals surface area contributed by atoms with Crippen LogP contribution in [0.15, 0.2) is 47.5 Å². The quantitative estimate of drug-likeness (QED) is 0.783. The highest BCUT2D eigenvalue weighted by molar-refractivity contribution is 7.89. The molecule has 126 valence electrons. The monoisotopic (exact) mass is 344 g/mol. The molecular weight excluding hydrogens is 324 g/mol. The first-order valence-electron chi connectivity index (χ1n) is 7.58. The standard InChI is InChI=1S/C18H20N2O3S/c1-15-8-10-17(11-9-15)24(22,23)20-14-18-16(7-5-12-19-18)6-3-2-4-13-21/h5,7-12,20-21H,3,6,13-14H2,1H3. The van der Waals surface area contributed by atoms with Gasteiger partial charge in [-0.15, -0.1) is 5.92 Å². The molecule has 6 heteroatoms. The molecule has 0 radical (unpaired) electrons. The van der Waals surface area contributed by atoms with Crippen LogP contribution in [0, 0.1) is 18.8 Å². The largest absolute Gasteiger partial charge is 0.384 e. The molecule has 0 bridgehead atoms. The summed E-state index contributed by atoms with van der Waals surface area (Å²) in [6, 6.07) is 10.4. The Morgan fingerprint density at radius 2 is 1.92 bits per heavy atom. The number of aryl methyl sites for hydroxylation is 2. The molecule has 1 heterocycles. The fourth-order valence-corrected chi connectivity index (χ4v) is 3.15. The van der Waals surface area contributed by atoms with E-state index >= 15 is 0 Å². The molecule has 2 aromatic rings. The first-order chi connectivity index (χ1) is 11.5. The number of nitrogens with one attached hydrogen (secondary N) is 1. The molecule has 24 heavy (non-hydrogen) atoms. The van der Waals surface area contributed by atoms with Crippen LogP contribution in [0.3, 0.4) is 0 Å². The maximum Gasteiger partial charge on any atom is 0.240 e. The van der Waals surface area contributed by atoms with Gasteiger partial charge in [-0.25, -0.2) is 13.1 Å². The first-order valence-corrected chi connectivity index (χ1v) is 9.07. The minimum absolute atomic E-state index is 0.125. The summed E-state index contributed by atoms with van der Waals surface area (Å²) >= 11 is 0. The summed E-state index contributed by atoms with van der Waals surface area (Å²) in [5, 5.41) is 8.65. The van der Waals surface area contributed by atoms with E-state index in [0.717, 1.165) is 11.1 Å². The van der Waals surface area contributed by atoms with Crippen LogP contribution in [-0.4, -0.2) is 25.1 Å². The van der Waals surface area contributed by atoms with Gasteiger partial charge in [0.15, 0.2) is 0 Å². The Morgan fingerprint density at radius 1 is 1.17 bits per heavy atom. The second kappa shape index (κ2) is 8.60. The molecule has 0 atom stereocenters. The van der Waals surface area contributed by atoms with E-state index in [1.54, 1.807) is 30.5 Å². The van der Waals surface area contributed by atoms with Crippen LogP contribution in [-0.2, 0) is 23.0 Å². The molecule has 2 N–H and O–H groups in total. The summed E-state index contributed by atoms with van der Waals surface area (Å²) in [6.07, 6.45) is 2.88. The maximum absolute atomic E-state index is 12.3. The third-order valence-corrected chi connectivity index (χ3v) is 4.89. The van der Waals surface area contributed by atoms with E-state index in [1.165, 1.54) is 0 Å². The zero-order valence-electron chi connectivity index (χ0n) is 13.5. The molecule has 2 rings (SSSR count). The van der Waals surface area contributed by atoms with Crippen molar-refractivity contribution in [1.82, 2.24) is 9.71 Å². The van der Waals surface area contributed by atoms with Crippen LogP contribution in [0.25, 0.3) is 0 Å². The summed E-state index contributed by atoms with van der Waals surface area (Å²) in [5.74, 6) is 5.44. The van der Waals surface area contributed by atoms with Crippen LogP contribution in [0.4, 0.5) is 0 Å². The van der Waals surface area contributed by atoms with Crippen molar-refractivity contribution in [3.05, 3.63) is 59.4 Å². The molecule has 0 saturated heterocycles. The summed E-state index contributed by atoms with van der Waals surface area (Å²) in [6.45, 7) is 1.87. The lowest BCUT2D eigenvalue weighted by atomic mass is 10.1. The molecular formula is C18H20N2O3S. The third-order valence-electron chi connectivity index (χ3n) is 3.47. The van der Waals surface area contributed by atoms with Crippen LogP contribution in [0.2, 0.25) is 0 Å². The number of nitrogens with zero attached hydrogens (tertiary/aromatic N) is 1. The van der Waals surface area contributed by atoms with E-state index in [2.05, 4.69) is 21.5 Å². The van der Waals surface area contributed by atoms with Gasteiger partial charge in [0.05, 0.1) is 17.1 Å². The average Bonchev–Trinajstić information content (AvgIpc) is 2.58. The van der Waals surface area contributed by atoms with Gasteiger partial charge in [-0.1, -0.05) is 29.7 Å². The zero-order chi connectivity index (χ0) is 17.4. The van der Waals surface area contributed by atoms with Gasteiger partial charge in [-0.2, -0.15) is 0 Å². The Morgan fingerprint density at radius 3 is 2.62 bits per heavy atom. The predicted octanol–water partition coefficient (Wildman–Crippen LogP) is 1.80. The Kier molecular flexibility index (Phi) is 6.50. The molecule has 1 aromatic carbocycles. The second-order valence-electron chi connectivity index (χ2n) is 5.26. The number of rotatable bonds is 6. The van der Waals surface area contributed by atoms with Crippen molar-refractivity contribution in [1.29, 1.82) is 0 Å². The summed E-state index contributed by atoms with van der Waals surface area (Å²) < 4.78 is 27.3. The van der Waals surface area contributed by atoms with E-state index in [0.29, 0.717) is 18.5 Å². The van der Waals surface area contributed by atoms with Crippen molar-refractivity contribution in [2.24, 2.45) is 0 Å². The van der Waals surface area contributed by atoms with Gasteiger partial charge < -0.3 is 5.11 Å². The fraction of sp³-hybridized carbons (Fsp3) is 0.278. The van der Waals surface area contributed by atoms with Crippen LogP contribution < -0.4 is 4.72 Å². The van der Waals surface area contributed by atoms with E-state index in [1.807, 2.05) is 19.1 Å². The topological polar surface area (TPSA) is 79.3 Å². The van der Waals surface area contributed by atoms with Crippen molar-refractivity contribution in [3.63, 3.8) is 0 Å². The highest BCUT2D eigenvalue weighted by Crippen LogP contribution is 2.12. The van der Waals surface area contributed by atoms with Crippen molar-refractivity contribution < 1.29 is 13.5 Å². The predicted molar refractivity (Wildman–Crippen MR) is 92.6 cm³/mol. The van der Waals surface area contributed by atoms with Gasteiger partial charge in [0.1, 0.15) is 6.61 Å². The Bertz CT molecular complexity index is 835. The van der Waals surface area contributed by atoms with E-state index in [4.69, 9.17) is 5.11 Å². The lowest BCUT2D eigenvalue weighted by Gasteiger charge is -2.10. The SMILES string of the molecule is Cc1ccc(S(=O)(=O)NCc2ncccc2CCC#CCO)cc1. The molecule has 0 aliphatic heterocycles. The normalized spacial score (nSPS) is 10.9. The number of hydrogen-bond acceptors (Lipinski definition) is 4. The number of benzene rings is 1. The lowest BCUT2D eigenvalue weighted by molar-refractivity contribution is 0.350.